The number of aliphatic hydroxyl groups is 1. The quantitative estimate of drug-likeness (QED) is 0.755. The van der Waals surface area contributed by atoms with Crippen LogP contribution in [0.4, 0.5) is 0 Å². The molecule has 5 nitrogen and oxygen atoms in total. The first-order valence-corrected chi connectivity index (χ1v) is 5.20. The van der Waals surface area contributed by atoms with E-state index in [1.807, 2.05) is 0 Å². The van der Waals surface area contributed by atoms with Gasteiger partial charge in [0.1, 0.15) is 0 Å². The molecular weight excluding hydrogens is 224 g/mol. The van der Waals surface area contributed by atoms with Crippen molar-refractivity contribution in [3.8, 4) is 0 Å². The topological polar surface area (TPSA) is 83.8 Å². The predicted molar refractivity (Wildman–Crippen MR) is 60.0 cm³/mol. The Balaban J connectivity index is 2.72. The molecule has 0 aromatic heterocycles. The summed E-state index contributed by atoms with van der Waals surface area (Å²) in [7, 11) is 0. The average Bonchev–Trinajstić information content (AvgIpc) is 2.28. The van der Waals surface area contributed by atoms with Crippen molar-refractivity contribution in [2.24, 2.45) is 0 Å². The Kier molecular flexibility index (Phi) is 4.66. The number of carbonyl (C=O) groups is 2. The number of aromatic carboxylic acids is 1. The highest BCUT2D eigenvalue weighted by molar-refractivity contribution is 6.02. The first-order valence-electron chi connectivity index (χ1n) is 5.20. The summed E-state index contributed by atoms with van der Waals surface area (Å²) in [5, 5.41) is 17.9. The van der Waals surface area contributed by atoms with E-state index in [0.29, 0.717) is 6.42 Å². The lowest BCUT2D eigenvalue weighted by molar-refractivity contribution is 0.0436. The molecule has 0 fully saturated rings. The Labute approximate surface area is 98.6 Å². The standard InChI is InChI=1S/C12H14O5/c1-8(13)6-7-17-12(16)10-5-3-2-4-9(10)11(14)15/h2-5,8,13H,6-7H2,1H3,(H,14,15). The van der Waals surface area contributed by atoms with E-state index in [4.69, 9.17) is 14.9 Å². The number of rotatable bonds is 5. The van der Waals surface area contributed by atoms with Crippen molar-refractivity contribution in [2.45, 2.75) is 19.4 Å². The zero-order chi connectivity index (χ0) is 12.8. The molecule has 0 saturated carbocycles. The number of aliphatic hydroxyl groups excluding tert-OH is 1. The molecule has 0 bridgehead atoms. The molecule has 0 amide bonds. The zero-order valence-corrected chi connectivity index (χ0v) is 9.42. The number of esters is 1. The molecule has 0 heterocycles. The second-order valence-electron chi connectivity index (χ2n) is 3.62. The van der Waals surface area contributed by atoms with Gasteiger partial charge in [0.25, 0.3) is 0 Å². The van der Waals surface area contributed by atoms with E-state index in [-0.39, 0.29) is 17.7 Å². The van der Waals surface area contributed by atoms with Gasteiger partial charge < -0.3 is 14.9 Å². The summed E-state index contributed by atoms with van der Waals surface area (Å²) in [6, 6.07) is 5.84. The fourth-order valence-corrected chi connectivity index (χ4v) is 1.25. The van der Waals surface area contributed by atoms with Gasteiger partial charge in [-0.2, -0.15) is 0 Å². The highest BCUT2D eigenvalue weighted by Crippen LogP contribution is 2.10. The van der Waals surface area contributed by atoms with Crippen LogP contribution < -0.4 is 0 Å². The van der Waals surface area contributed by atoms with Crippen molar-refractivity contribution in [2.75, 3.05) is 6.61 Å². The first-order chi connectivity index (χ1) is 8.02. The van der Waals surface area contributed by atoms with Crippen LogP contribution in [0.1, 0.15) is 34.1 Å². The molecule has 0 saturated heterocycles. The summed E-state index contributed by atoms with van der Waals surface area (Å²) in [6.07, 6.45) is -0.237. The fourth-order valence-electron chi connectivity index (χ4n) is 1.25. The monoisotopic (exact) mass is 238 g/mol. The minimum absolute atomic E-state index is 0.0191. The molecule has 1 aromatic rings. The third kappa shape index (κ3) is 3.88. The molecule has 1 aromatic carbocycles. The summed E-state index contributed by atoms with van der Waals surface area (Å²) in [5.74, 6) is -1.86. The van der Waals surface area contributed by atoms with Gasteiger partial charge in [-0.15, -0.1) is 0 Å². The van der Waals surface area contributed by atoms with Gasteiger partial charge in [-0.25, -0.2) is 9.59 Å². The number of benzene rings is 1. The molecule has 0 aliphatic carbocycles. The lowest BCUT2D eigenvalue weighted by Crippen LogP contribution is -2.14. The number of carboxylic acids is 1. The van der Waals surface area contributed by atoms with Gasteiger partial charge in [-0.05, 0) is 19.1 Å². The van der Waals surface area contributed by atoms with E-state index in [1.54, 1.807) is 13.0 Å². The van der Waals surface area contributed by atoms with Crippen LogP contribution in [0.3, 0.4) is 0 Å². The molecule has 0 aliphatic rings. The smallest absolute Gasteiger partial charge is 0.339 e. The van der Waals surface area contributed by atoms with Gasteiger partial charge >= 0.3 is 11.9 Å². The minimum Gasteiger partial charge on any atom is -0.478 e. The molecule has 1 unspecified atom stereocenters. The van der Waals surface area contributed by atoms with E-state index in [2.05, 4.69) is 0 Å². The second kappa shape index (κ2) is 6.00. The van der Waals surface area contributed by atoms with Gasteiger partial charge in [0.15, 0.2) is 0 Å². The van der Waals surface area contributed by atoms with E-state index in [1.165, 1.54) is 18.2 Å². The largest absolute Gasteiger partial charge is 0.478 e. The van der Waals surface area contributed by atoms with E-state index in [9.17, 15) is 9.59 Å². The Morgan fingerprint density at radius 3 is 2.41 bits per heavy atom. The Morgan fingerprint density at radius 2 is 1.88 bits per heavy atom. The van der Waals surface area contributed by atoms with Gasteiger partial charge in [-0.1, -0.05) is 12.1 Å². The molecular formula is C12H14O5. The molecule has 0 aliphatic heterocycles. The Morgan fingerprint density at radius 1 is 1.29 bits per heavy atom. The summed E-state index contributed by atoms with van der Waals surface area (Å²) in [5.41, 5.74) is -0.0693. The number of carbonyl (C=O) groups excluding carboxylic acids is 1. The third-order valence-electron chi connectivity index (χ3n) is 2.15. The van der Waals surface area contributed by atoms with Crippen LogP contribution in [0, 0.1) is 0 Å². The fraction of sp³-hybridized carbons (Fsp3) is 0.333. The highest BCUT2D eigenvalue weighted by Gasteiger charge is 2.16. The lowest BCUT2D eigenvalue weighted by Gasteiger charge is -2.08. The Bertz CT molecular complexity index is 411. The summed E-state index contributed by atoms with van der Waals surface area (Å²) >= 11 is 0. The van der Waals surface area contributed by atoms with Gasteiger partial charge in [0, 0.05) is 6.42 Å². The lowest BCUT2D eigenvalue weighted by atomic mass is 10.1. The Hall–Kier alpha value is -1.88. The van der Waals surface area contributed by atoms with Crippen molar-refractivity contribution in [3.63, 3.8) is 0 Å². The number of carboxylic acid groups (broad SMARTS) is 1. The van der Waals surface area contributed by atoms with Crippen molar-refractivity contribution in [1.82, 2.24) is 0 Å². The van der Waals surface area contributed by atoms with Crippen LogP contribution in [-0.4, -0.2) is 34.9 Å². The maximum absolute atomic E-state index is 11.6. The minimum atomic E-state index is -1.17. The summed E-state index contributed by atoms with van der Waals surface area (Å²) < 4.78 is 4.87. The van der Waals surface area contributed by atoms with Crippen molar-refractivity contribution in [1.29, 1.82) is 0 Å². The van der Waals surface area contributed by atoms with Crippen molar-refractivity contribution >= 4 is 11.9 Å². The normalized spacial score (nSPS) is 11.9. The summed E-state index contributed by atoms with van der Waals surface area (Å²) in [6.45, 7) is 1.64. The maximum atomic E-state index is 11.6. The van der Waals surface area contributed by atoms with Gasteiger partial charge in [0.2, 0.25) is 0 Å². The number of hydrogen-bond acceptors (Lipinski definition) is 4. The van der Waals surface area contributed by atoms with Gasteiger partial charge in [0.05, 0.1) is 23.8 Å². The molecule has 0 radical (unpaired) electrons. The average molecular weight is 238 g/mol. The maximum Gasteiger partial charge on any atom is 0.339 e. The predicted octanol–water partition coefficient (Wildman–Crippen LogP) is 1.31. The van der Waals surface area contributed by atoms with E-state index < -0.39 is 18.0 Å². The van der Waals surface area contributed by atoms with E-state index in [0.717, 1.165) is 0 Å². The van der Waals surface area contributed by atoms with Crippen molar-refractivity contribution < 1.29 is 24.5 Å². The second-order valence-corrected chi connectivity index (χ2v) is 3.62. The highest BCUT2D eigenvalue weighted by atomic mass is 16.5. The van der Waals surface area contributed by atoms with Crippen LogP contribution in [0.15, 0.2) is 24.3 Å². The molecule has 92 valence electrons. The number of hydrogen-bond donors (Lipinski definition) is 2. The SMILES string of the molecule is CC(O)CCOC(=O)c1ccccc1C(=O)O. The number of ether oxygens (including phenoxy) is 1. The molecule has 1 rings (SSSR count). The van der Waals surface area contributed by atoms with Crippen LogP contribution in [-0.2, 0) is 4.74 Å². The summed E-state index contributed by atoms with van der Waals surface area (Å²) in [4.78, 5) is 22.4. The molecule has 0 spiro atoms. The van der Waals surface area contributed by atoms with Gasteiger partial charge in [-0.3, -0.25) is 0 Å². The first kappa shape index (κ1) is 13.2. The van der Waals surface area contributed by atoms with Crippen LogP contribution in [0.2, 0.25) is 0 Å². The van der Waals surface area contributed by atoms with Crippen LogP contribution >= 0.6 is 0 Å². The van der Waals surface area contributed by atoms with Crippen molar-refractivity contribution in [3.05, 3.63) is 35.4 Å². The zero-order valence-electron chi connectivity index (χ0n) is 9.42. The van der Waals surface area contributed by atoms with Crippen LogP contribution in [0.5, 0.6) is 0 Å². The van der Waals surface area contributed by atoms with Crippen LogP contribution in [0.25, 0.3) is 0 Å². The third-order valence-corrected chi connectivity index (χ3v) is 2.15. The molecule has 17 heavy (non-hydrogen) atoms. The molecule has 1 atom stereocenters. The molecule has 2 N–H and O–H groups in total. The van der Waals surface area contributed by atoms with E-state index >= 15 is 0 Å². The molecule has 5 heteroatoms.